The number of hydrogen-bond donors (Lipinski definition) is 2. The molecule has 0 fully saturated rings. The summed E-state index contributed by atoms with van der Waals surface area (Å²) in [6, 6.07) is 1.68. The van der Waals surface area contributed by atoms with E-state index in [0.717, 1.165) is 12.1 Å². The average Bonchev–Trinajstić information content (AvgIpc) is 2.14. The van der Waals surface area contributed by atoms with Crippen molar-refractivity contribution >= 4 is 33.7 Å². The van der Waals surface area contributed by atoms with E-state index in [1.165, 1.54) is 0 Å². The largest absolute Gasteiger partial charge is 0.411 e. The van der Waals surface area contributed by atoms with Crippen LogP contribution >= 0.6 is 15.9 Å². The molecule has 0 saturated heterocycles. The van der Waals surface area contributed by atoms with Gasteiger partial charge in [-0.15, -0.1) is 0 Å². The number of amides is 1. The summed E-state index contributed by atoms with van der Waals surface area (Å²) < 4.78 is 26.0. The Balaban J connectivity index is 2.95. The third-order valence-electron chi connectivity index (χ3n) is 1.44. The summed E-state index contributed by atoms with van der Waals surface area (Å²) in [4.78, 5) is 10.8. The van der Waals surface area contributed by atoms with Gasteiger partial charge in [-0.25, -0.2) is 8.78 Å². The molecule has 0 radical (unpaired) electrons. The van der Waals surface area contributed by atoms with E-state index in [1.54, 1.807) is 0 Å². The van der Waals surface area contributed by atoms with Crippen molar-refractivity contribution < 1.29 is 18.8 Å². The second-order valence-corrected chi connectivity index (χ2v) is 3.33. The van der Waals surface area contributed by atoms with Gasteiger partial charge in [-0.2, -0.15) is 0 Å². The number of oxime groups is 1. The highest BCUT2D eigenvalue weighted by atomic mass is 79.9. The van der Waals surface area contributed by atoms with Crippen LogP contribution in [0.25, 0.3) is 0 Å². The number of nitrogens with zero attached hydrogens (tertiary/aromatic N) is 1. The maximum Gasteiger partial charge on any atom is 0.270 e. The molecule has 15 heavy (non-hydrogen) atoms. The number of carbonyl (C=O) groups excluding carboxylic acids is 1. The van der Waals surface area contributed by atoms with Gasteiger partial charge in [0.25, 0.3) is 5.91 Å². The topological polar surface area (TPSA) is 61.7 Å². The van der Waals surface area contributed by atoms with Gasteiger partial charge in [-0.3, -0.25) is 4.79 Å². The predicted molar refractivity (Wildman–Crippen MR) is 53.0 cm³/mol. The van der Waals surface area contributed by atoms with Gasteiger partial charge < -0.3 is 10.5 Å². The highest BCUT2D eigenvalue weighted by molar-refractivity contribution is 9.10. The summed E-state index contributed by atoms with van der Waals surface area (Å²) in [6.45, 7) is 0. The molecule has 4 nitrogen and oxygen atoms in total. The monoisotopic (exact) mass is 278 g/mol. The molecule has 0 bridgehead atoms. The maximum atomic E-state index is 13.1. The number of hydrogen-bond acceptors (Lipinski definition) is 3. The Morgan fingerprint density at radius 1 is 1.47 bits per heavy atom. The first-order valence-electron chi connectivity index (χ1n) is 3.67. The Labute approximate surface area is 91.7 Å². The van der Waals surface area contributed by atoms with Crippen LogP contribution in [0, 0.1) is 11.6 Å². The standard InChI is InChI=1S/C8H5BrF2N2O2/c9-4-1-6(11)7(2-5(4)10)13-8(14)3-12-15/h1-3,15H,(H,13,14). The fraction of sp³-hybridized carbons (Fsp3) is 0. The van der Waals surface area contributed by atoms with Crippen LogP contribution in [0.5, 0.6) is 0 Å². The number of rotatable bonds is 2. The molecule has 1 amide bonds. The predicted octanol–water partition coefficient (Wildman–Crippen LogP) is 2.13. The molecule has 1 rings (SSSR count). The lowest BCUT2D eigenvalue weighted by Gasteiger charge is -2.04. The first-order chi connectivity index (χ1) is 7.04. The van der Waals surface area contributed by atoms with Gasteiger partial charge in [0.05, 0.1) is 10.2 Å². The van der Waals surface area contributed by atoms with Crippen molar-refractivity contribution in [3.05, 3.63) is 28.2 Å². The third kappa shape index (κ3) is 2.98. The minimum atomic E-state index is -0.863. The van der Waals surface area contributed by atoms with E-state index in [1.807, 2.05) is 5.32 Å². The van der Waals surface area contributed by atoms with Crippen LogP contribution in [0.3, 0.4) is 0 Å². The Morgan fingerprint density at radius 3 is 2.73 bits per heavy atom. The van der Waals surface area contributed by atoms with Crippen LogP contribution in [0.2, 0.25) is 0 Å². The zero-order chi connectivity index (χ0) is 11.4. The van der Waals surface area contributed by atoms with Crippen LogP contribution < -0.4 is 5.32 Å². The molecule has 0 heterocycles. The molecular formula is C8H5BrF2N2O2. The van der Waals surface area contributed by atoms with Crippen molar-refractivity contribution in [2.45, 2.75) is 0 Å². The highest BCUT2D eigenvalue weighted by Gasteiger charge is 2.09. The Kier molecular flexibility index (Phi) is 3.73. The van der Waals surface area contributed by atoms with Crippen molar-refractivity contribution in [3.8, 4) is 0 Å². The van der Waals surface area contributed by atoms with Gasteiger partial charge in [0.2, 0.25) is 0 Å². The van der Waals surface area contributed by atoms with E-state index < -0.39 is 17.5 Å². The smallest absolute Gasteiger partial charge is 0.270 e. The molecule has 0 unspecified atom stereocenters. The van der Waals surface area contributed by atoms with Gasteiger partial charge in [-0.05, 0) is 22.0 Å². The van der Waals surface area contributed by atoms with Crippen molar-refractivity contribution in [2.75, 3.05) is 5.32 Å². The van der Waals surface area contributed by atoms with E-state index in [-0.39, 0.29) is 10.2 Å². The van der Waals surface area contributed by atoms with E-state index >= 15 is 0 Å². The molecule has 0 aliphatic rings. The minimum absolute atomic E-state index is 0.0474. The summed E-state index contributed by atoms with van der Waals surface area (Å²) in [5, 5.41) is 12.4. The molecule has 0 saturated carbocycles. The SMILES string of the molecule is O=C(C=NO)Nc1cc(F)c(Br)cc1F. The first kappa shape index (κ1) is 11.6. The number of nitrogens with one attached hydrogen (secondary N) is 1. The summed E-state index contributed by atoms with van der Waals surface area (Å²) in [5.74, 6) is -2.38. The highest BCUT2D eigenvalue weighted by Crippen LogP contribution is 2.23. The van der Waals surface area contributed by atoms with E-state index in [4.69, 9.17) is 5.21 Å². The molecule has 1 aromatic rings. The number of halogens is 3. The van der Waals surface area contributed by atoms with Gasteiger partial charge >= 0.3 is 0 Å². The fourth-order valence-electron chi connectivity index (χ4n) is 0.836. The second kappa shape index (κ2) is 4.83. The van der Waals surface area contributed by atoms with Crippen LogP contribution in [-0.2, 0) is 4.79 Å². The van der Waals surface area contributed by atoms with E-state index in [9.17, 15) is 13.6 Å². The van der Waals surface area contributed by atoms with Gasteiger partial charge in [0, 0.05) is 6.07 Å². The van der Waals surface area contributed by atoms with Crippen molar-refractivity contribution in [2.24, 2.45) is 5.16 Å². The second-order valence-electron chi connectivity index (χ2n) is 2.48. The molecule has 0 aliphatic carbocycles. The zero-order valence-electron chi connectivity index (χ0n) is 7.17. The van der Waals surface area contributed by atoms with Crippen molar-refractivity contribution in [1.29, 1.82) is 0 Å². The van der Waals surface area contributed by atoms with Gasteiger partial charge in [0.15, 0.2) is 0 Å². The lowest BCUT2D eigenvalue weighted by molar-refractivity contribution is -0.110. The maximum absolute atomic E-state index is 13.1. The summed E-state index contributed by atoms with van der Waals surface area (Å²) in [7, 11) is 0. The van der Waals surface area contributed by atoms with E-state index in [0.29, 0.717) is 6.21 Å². The molecule has 7 heteroatoms. The van der Waals surface area contributed by atoms with Gasteiger partial charge in [-0.1, -0.05) is 5.16 Å². The summed E-state index contributed by atoms with van der Waals surface area (Å²) in [5.41, 5.74) is -0.333. The van der Waals surface area contributed by atoms with Crippen LogP contribution in [-0.4, -0.2) is 17.3 Å². The van der Waals surface area contributed by atoms with Crippen molar-refractivity contribution in [1.82, 2.24) is 0 Å². The Morgan fingerprint density at radius 2 is 2.13 bits per heavy atom. The molecule has 2 N–H and O–H groups in total. The van der Waals surface area contributed by atoms with Crippen LogP contribution in [0.1, 0.15) is 0 Å². The molecular weight excluding hydrogens is 274 g/mol. The van der Waals surface area contributed by atoms with Crippen LogP contribution in [0.15, 0.2) is 21.8 Å². The minimum Gasteiger partial charge on any atom is -0.411 e. The fourth-order valence-corrected chi connectivity index (χ4v) is 1.15. The molecule has 1 aromatic carbocycles. The van der Waals surface area contributed by atoms with Crippen molar-refractivity contribution in [3.63, 3.8) is 0 Å². The number of anilines is 1. The quantitative estimate of drug-likeness (QED) is 0.377. The molecule has 0 aliphatic heterocycles. The Hall–Kier alpha value is -1.50. The first-order valence-corrected chi connectivity index (χ1v) is 4.47. The number of carbonyl (C=O) groups is 1. The third-order valence-corrected chi connectivity index (χ3v) is 2.05. The lowest BCUT2D eigenvalue weighted by atomic mass is 10.3. The summed E-state index contributed by atoms with van der Waals surface area (Å²) >= 11 is 2.78. The normalized spacial score (nSPS) is 10.6. The van der Waals surface area contributed by atoms with Crippen LogP contribution in [0.4, 0.5) is 14.5 Å². The molecule has 0 aromatic heterocycles. The lowest BCUT2D eigenvalue weighted by Crippen LogP contribution is -2.13. The summed E-state index contributed by atoms with van der Waals surface area (Å²) in [6.07, 6.45) is 0.527. The zero-order valence-corrected chi connectivity index (χ0v) is 8.75. The Bertz CT molecular complexity index is 423. The van der Waals surface area contributed by atoms with E-state index in [2.05, 4.69) is 21.1 Å². The molecule has 0 atom stereocenters. The average molecular weight is 279 g/mol. The molecule has 80 valence electrons. The number of benzene rings is 1. The molecule has 0 spiro atoms. The van der Waals surface area contributed by atoms with Gasteiger partial charge in [0.1, 0.15) is 17.8 Å².